The standard InChI is InChI=1S/C6H6ClN3O2/c7-5-1-9-6(8)4(10-5)2-12-3-11/h1,3H,2H2,(H2,8,9). The Bertz CT molecular complexity index is 292. The molecule has 0 saturated carbocycles. The van der Waals surface area contributed by atoms with Crippen molar-refractivity contribution in [3.63, 3.8) is 0 Å². The first-order valence-corrected chi connectivity index (χ1v) is 3.44. The van der Waals surface area contributed by atoms with Crippen LogP contribution in [0.3, 0.4) is 0 Å². The quantitative estimate of drug-likeness (QED) is 0.693. The number of carbonyl (C=O) groups is 1. The number of nitrogens with zero attached hydrogens (tertiary/aromatic N) is 2. The van der Waals surface area contributed by atoms with Crippen molar-refractivity contribution in [1.82, 2.24) is 9.97 Å². The average molecular weight is 188 g/mol. The van der Waals surface area contributed by atoms with Crippen LogP contribution in [-0.4, -0.2) is 16.4 Å². The molecular weight excluding hydrogens is 182 g/mol. The minimum absolute atomic E-state index is 0.0110. The van der Waals surface area contributed by atoms with Crippen LogP contribution in [-0.2, 0) is 16.1 Å². The Morgan fingerprint density at radius 3 is 3.17 bits per heavy atom. The van der Waals surface area contributed by atoms with Crippen molar-refractivity contribution < 1.29 is 9.53 Å². The molecule has 0 aliphatic carbocycles. The van der Waals surface area contributed by atoms with E-state index < -0.39 is 0 Å². The van der Waals surface area contributed by atoms with Crippen molar-refractivity contribution in [1.29, 1.82) is 0 Å². The highest BCUT2D eigenvalue weighted by atomic mass is 35.5. The summed E-state index contributed by atoms with van der Waals surface area (Å²) in [5.41, 5.74) is 5.76. The Kier molecular flexibility index (Phi) is 2.82. The number of aromatic nitrogens is 2. The fourth-order valence-electron chi connectivity index (χ4n) is 0.632. The number of rotatable bonds is 3. The maximum atomic E-state index is 9.83. The molecule has 0 atom stereocenters. The molecule has 0 amide bonds. The van der Waals surface area contributed by atoms with Crippen molar-refractivity contribution in [2.24, 2.45) is 0 Å². The fraction of sp³-hybridized carbons (Fsp3) is 0.167. The first kappa shape index (κ1) is 8.73. The molecule has 0 fully saturated rings. The molecule has 64 valence electrons. The lowest BCUT2D eigenvalue weighted by Crippen LogP contribution is -2.02. The second-order valence-corrected chi connectivity index (χ2v) is 2.32. The van der Waals surface area contributed by atoms with Gasteiger partial charge in [-0.2, -0.15) is 0 Å². The Balaban J connectivity index is 2.82. The van der Waals surface area contributed by atoms with E-state index in [1.54, 1.807) is 0 Å². The Morgan fingerprint density at radius 1 is 1.75 bits per heavy atom. The van der Waals surface area contributed by atoms with E-state index in [4.69, 9.17) is 17.3 Å². The summed E-state index contributed by atoms with van der Waals surface area (Å²) in [6, 6.07) is 0. The topological polar surface area (TPSA) is 78.1 Å². The third-order valence-corrected chi connectivity index (χ3v) is 1.32. The van der Waals surface area contributed by atoms with Gasteiger partial charge >= 0.3 is 0 Å². The van der Waals surface area contributed by atoms with Gasteiger partial charge in [-0.1, -0.05) is 11.6 Å². The third-order valence-electron chi connectivity index (χ3n) is 1.14. The molecule has 1 rings (SSSR count). The number of hydrogen-bond donors (Lipinski definition) is 1. The molecule has 0 aliphatic heterocycles. The van der Waals surface area contributed by atoms with Gasteiger partial charge in [-0.25, -0.2) is 9.97 Å². The van der Waals surface area contributed by atoms with Crippen LogP contribution in [0.1, 0.15) is 5.69 Å². The monoisotopic (exact) mass is 187 g/mol. The van der Waals surface area contributed by atoms with Crippen LogP contribution in [0.15, 0.2) is 6.20 Å². The molecule has 0 unspecified atom stereocenters. The number of anilines is 1. The smallest absolute Gasteiger partial charge is 0.293 e. The normalized spacial score (nSPS) is 9.42. The lowest BCUT2D eigenvalue weighted by Gasteiger charge is -2.01. The number of halogens is 1. The van der Waals surface area contributed by atoms with Gasteiger partial charge < -0.3 is 10.5 Å². The molecule has 0 bridgehead atoms. The van der Waals surface area contributed by atoms with Crippen LogP contribution in [0, 0.1) is 0 Å². The average Bonchev–Trinajstić information content (AvgIpc) is 2.07. The Morgan fingerprint density at radius 2 is 2.50 bits per heavy atom. The first-order chi connectivity index (χ1) is 5.74. The van der Waals surface area contributed by atoms with Crippen LogP contribution < -0.4 is 5.73 Å². The lowest BCUT2D eigenvalue weighted by molar-refractivity contribution is -0.129. The zero-order chi connectivity index (χ0) is 8.97. The number of carbonyl (C=O) groups excluding carboxylic acids is 1. The predicted molar refractivity (Wildman–Crippen MR) is 42.3 cm³/mol. The summed E-state index contributed by atoms with van der Waals surface area (Å²) in [6.07, 6.45) is 1.32. The molecule has 0 saturated heterocycles. The van der Waals surface area contributed by atoms with Gasteiger partial charge in [-0.15, -0.1) is 0 Å². The van der Waals surface area contributed by atoms with Gasteiger partial charge in [-0.3, -0.25) is 4.79 Å². The molecule has 0 aromatic carbocycles. The lowest BCUT2D eigenvalue weighted by atomic mass is 10.4. The van der Waals surface area contributed by atoms with Gasteiger partial charge in [0.15, 0.2) is 0 Å². The molecule has 6 heteroatoms. The maximum Gasteiger partial charge on any atom is 0.293 e. The van der Waals surface area contributed by atoms with Crippen LogP contribution in [0.4, 0.5) is 5.82 Å². The molecule has 2 N–H and O–H groups in total. The van der Waals surface area contributed by atoms with E-state index in [2.05, 4.69) is 14.7 Å². The first-order valence-electron chi connectivity index (χ1n) is 3.06. The van der Waals surface area contributed by atoms with Crippen molar-refractivity contribution in [3.8, 4) is 0 Å². The van der Waals surface area contributed by atoms with Crippen LogP contribution in [0.2, 0.25) is 5.15 Å². The number of hydrogen-bond acceptors (Lipinski definition) is 5. The summed E-state index contributed by atoms with van der Waals surface area (Å²) >= 11 is 5.52. The molecule has 0 aliphatic rings. The largest absolute Gasteiger partial charge is 0.461 e. The SMILES string of the molecule is Nc1ncc(Cl)nc1COC=O. The fourth-order valence-corrected chi connectivity index (χ4v) is 0.782. The van der Waals surface area contributed by atoms with E-state index >= 15 is 0 Å². The second-order valence-electron chi connectivity index (χ2n) is 1.93. The zero-order valence-electron chi connectivity index (χ0n) is 6.03. The molecule has 5 nitrogen and oxygen atoms in total. The maximum absolute atomic E-state index is 9.83. The van der Waals surface area contributed by atoms with Crippen LogP contribution in [0.25, 0.3) is 0 Å². The summed E-state index contributed by atoms with van der Waals surface area (Å²) in [5, 5.41) is 0.216. The highest BCUT2D eigenvalue weighted by Crippen LogP contribution is 2.10. The molecule has 12 heavy (non-hydrogen) atoms. The minimum atomic E-state index is -0.0110. The summed E-state index contributed by atoms with van der Waals surface area (Å²) in [5.74, 6) is 0.209. The van der Waals surface area contributed by atoms with Crippen molar-refractivity contribution >= 4 is 23.9 Å². The summed E-state index contributed by atoms with van der Waals surface area (Å²) in [7, 11) is 0. The van der Waals surface area contributed by atoms with Crippen LogP contribution >= 0.6 is 11.6 Å². The predicted octanol–water partition coefficient (Wildman–Crippen LogP) is 0.385. The van der Waals surface area contributed by atoms with Gasteiger partial charge in [0.1, 0.15) is 23.3 Å². The van der Waals surface area contributed by atoms with Crippen molar-refractivity contribution in [3.05, 3.63) is 17.0 Å². The van der Waals surface area contributed by atoms with E-state index in [0.29, 0.717) is 12.2 Å². The number of nitrogen functional groups attached to an aromatic ring is 1. The van der Waals surface area contributed by atoms with E-state index in [1.165, 1.54) is 6.20 Å². The van der Waals surface area contributed by atoms with Gasteiger partial charge in [0.25, 0.3) is 6.47 Å². The summed E-state index contributed by atoms with van der Waals surface area (Å²) < 4.78 is 4.43. The molecule has 0 spiro atoms. The number of ether oxygens (including phenoxy) is 1. The highest BCUT2D eigenvalue weighted by molar-refractivity contribution is 6.29. The molecular formula is C6H6ClN3O2. The third kappa shape index (κ3) is 2.06. The van der Waals surface area contributed by atoms with Gasteiger partial charge in [0, 0.05) is 0 Å². The highest BCUT2D eigenvalue weighted by Gasteiger charge is 2.02. The molecule has 1 aromatic rings. The second kappa shape index (κ2) is 3.87. The van der Waals surface area contributed by atoms with Gasteiger partial charge in [0.2, 0.25) is 0 Å². The zero-order valence-corrected chi connectivity index (χ0v) is 6.78. The van der Waals surface area contributed by atoms with E-state index in [-0.39, 0.29) is 17.6 Å². The number of nitrogens with two attached hydrogens (primary N) is 1. The van der Waals surface area contributed by atoms with Crippen LogP contribution in [0.5, 0.6) is 0 Å². The Labute approximate surface area is 73.5 Å². The van der Waals surface area contributed by atoms with Gasteiger partial charge in [0.05, 0.1) is 6.20 Å². The van der Waals surface area contributed by atoms with Gasteiger partial charge in [-0.05, 0) is 0 Å². The summed E-state index contributed by atoms with van der Waals surface area (Å²) in [4.78, 5) is 17.4. The Hall–Kier alpha value is -1.36. The van der Waals surface area contributed by atoms with Crippen molar-refractivity contribution in [2.75, 3.05) is 5.73 Å². The van der Waals surface area contributed by atoms with E-state index in [1.807, 2.05) is 0 Å². The van der Waals surface area contributed by atoms with E-state index in [9.17, 15) is 4.79 Å². The molecule has 1 aromatic heterocycles. The summed E-state index contributed by atoms with van der Waals surface area (Å²) in [6.45, 7) is 0.297. The molecule has 0 radical (unpaired) electrons. The van der Waals surface area contributed by atoms with E-state index in [0.717, 1.165) is 0 Å². The minimum Gasteiger partial charge on any atom is -0.461 e. The molecule has 1 heterocycles. The van der Waals surface area contributed by atoms with Crippen molar-refractivity contribution in [2.45, 2.75) is 6.61 Å².